The number of rotatable bonds is 1. The number of hydrogen-bond acceptors (Lipinski definition) is 4. The standard InChI is InChI=1S/C7H10N2O3S/c8-4-5(10)9-3(7(11)12)1-2-13-6(4)9/h3-4,6H,1-2,8H2,(H,11,12)/t3-,4-,6-/m1/s1. The maximum Gasteiger partial charge on any atom is 0.326 e. The van der Waals surface area contributed by atoms with E-state index in [1.54, 1.807) is 11.8 Å². The molecule has 0 aromatic heterocycles. The van der Waals surface area contributed by atoms with Gasteiger partial charge in [0.25, 0.3) is 0 Å². The molecule has 2 fully saturated rings. The molecule has 5 nitrogen and oxygen atoms in total. The molecule has 72 valence electrons. The van der Waals surface area contributed by atoms with E-state index < -0.39 is 18.1 Å². The van der Waals surface area contributed by atoms with E-state index in [1.165, 1.54) is 4.90 Å². The van der Waals surface area contributed by atoms with E-state index in [4.69, 9.17) is 10.8 Å². The summed E-state index contributed by atoms with van der Waals surface area (Å²) < 4.78 is 0. The number of aliphatic carboxylic acids is 1. The Kier molecular flexibility index (Phi) is 1.96. The average Bonchev–Trinajstić information content (AvgIpc) is 2.15. The van der Waals surface area contributed by atoms with Gasteiger partial charge in [0, 0.05) is 0 Å². The molecule has 2 saturated heterocycles. The number of nitrogens with two attached hydrogens (primary N) is 1. The zero-order valence-corrected chi connectivity index (χ0v) is 7.66. The van der Waals surface area contributed by atoms with Crippen LogP contribution < -0.4 is 5.73 Å². The van der Waals surface area contributed by atoms with Crippen LogP contribution in [0.1, 0.15) is 6.42 Å². The average molecular weight is 202 g/mol. The van der Waals surface area contributed by atoms with Crippen LogP contribution in [0.5, 0.6) is 0 Å². The number of carboxylic acids is 1. The first-order chi connectivity index (χ1) is 6.13. The number of β-lactam (4-membered cyclic amide) rings is 1. The zero-order chi connectivity index (χ0) is 9.59. The van der Waals surface area contributed by atoms with Crippen LogP contribution in [0.2, 0.25) is 0 Å². The van der Waals surface area contributed by atoms with Crippen molar-refractivity contribution in [3.8, 4) is 0 Å². The van der Waals surface area contributed by atoms with Gasteiger partial charge in [0.2, 0.25) is 5.91 Å². The normalized spacial score (nSPS) is 38.1. The van der Waals surface area contributed by atoms with Crippen LogP contribution in [-0.2, 0) is 9.59 Å². The third-order valence-corrected chi connectivity index (χ3v) is 3.76. The SMILES string of the molecule is N[C@@H]1C(=O)N2[C@@H](C(=O)O)CCS[C@H]12. The zero-order valence-electron chi connectivity index (χ0n) is 6.84. The van der Waals surface area contributed by atoms with Gasteiger partial charge in [-0.1, -0.05) is 0 Å². The molecule has 13 heavy (non-hydrogen) atoms. The van der Waals surface area contributed by atoms with Gasteiger partial charge in [-0.2, -0.15) is 0 Å². The maximum absolute atomic E-state index is 11.2. The largest absolute Gasteiger partial charge is 0.480 e. The van der Waals surface area contributed by atoms with Gasteiger partial charge in [-0.25, -0.2) is 4.79 Å². The van der Waals surface area contributed by atoms with Crippen molar-refractivity contribution in [3.63, 3.8) is 0 Å². The molecule has 0 radical (unpaired) electrons. The Morgan fingerprint density at radius 2 is 2.38 bits per heavy atom. The number of carbonyl (C=O) groups is 2. The lowest BCUT2D eigenvalue weighted by molar-refractivity contribution is -0.160. The molecule has 0 aliphatic carbocycles. The van der Waals surface area contributed by atoms with Crippen molar-refractivity contribution in [1.82, 2.24) is 4.90 Å². The topological polar surface area (TPSA) is 83.6 Å². The lowest BCUT2D eigenvalue weighted by Crippen LogP contribution is -2.72. The second kappa shape index (κ2) is 2.88. The quantitative estimate of drug-likeness (QED) is 0.537. The number of thioether (sulfide) groups is 1. The third-order valence-electron chi connectivity index (χ3n) is 2.42. The van der Waals surface area contributed by atoms with Crippen LogP contribution in [0, 0.1) is 0 Å². The molecule has 0 aromatic carbocycles. The summed E-state index contributed by atoms with van der Waals surface area (Å²) in [4.78, 5) is 23.4. The second-order valence-corrected chi connectivity index (χ2v) is 4.40. The van der Waals surface area contributed by atoms with Gasteiger partial charge in [0.1, 0.15) is 17.5 Å². The van der Waals surface area contributed by atoms with Crippen molar-refractivity contribution < 1.29 is 14.7 Å². The Labute approximate surface area is 79.3 Å². The summed E-state index contributed by atoms with van der Waals surface area (Å²) >= 11 is 1.56. The molecule has 0 unspecified atom stereocenters. The first kappa shape index (κ1) is 8.83. The van der Waals surface area contributed by atoms with Crippen molar-refractivity contribution in [2.75, 3.05) is 5.75 Å². The maximum atomic E-state index is 11.2. The summed E-state index contributed by atoms with van der Waals surface area (Å²) in [7, 11) is 0. The fraction of sp³-hybridized carbons (Fsp3) is 0.714. The van der Waals surface area contributed by atoms with Crippen LogP contribution in [0.15, 0.2) is 0 Å². The van der Waals surface area contributed by atoms with Crippen molar-refractivity contribution in [2.45, 2.75) is 23.9 Å². The molecule has 2 aliphatic heterocycles. The van der Waals surface area contributed by atoms with Gasteiger partial charge in [-0.3, -0.25) is 4.79 Å². The van der Waals surface area contributed by atoms with Gasteiger partial charge in [-0.05, 0) is 12.2 Å². The molecule has 3 atom stereocenters. The van der Waals surface area contributed by atoms with Gasteiger partial charge in [-0.15, -0.1) is 11.8 Å². The summed E-state index contributed by atoms with van der Waals surface area (Å²) in [6.07, 6.45) is 0.523. The number of nitrogens with zero attached hydrogens (tertiary/aromatic N) is 1. The molecular formula is C7H10N2O3S. The Morgan fingerprint density at radius 3 is 3.00 bits per heavy atom. The minimum Gasteiger partial charge on any atom is -0.480 e. The van der Waals surface area contributed by atoms with E-state index in [0.29, 0.717) is 6.42 Å². The number of fused-ring (bicyclic) bond motifs is 1. The van der Waals surface area contributed by atoms with E-state index in [-0.39, 0.29) is 11.3 Å². The molecule has 6 heteroatoms. The van der Waals surface area contributed by atoms with E-state index >= 15 is 0 Å². The van der Waals surface area contributed by atoms with E-state index in [1.807, 2.05) is 0 Å². The summed E-state index contributed by atoms with van der Waals surface area (Å²) in [5, 5.41) is 8.71. The van der Waals surface area contributed by atoms with Crippen molar-refractivity contribution in [3.05, 3.63) is 0 Å². The van der Waals surface area contributed by atoms with E-state index in [9.17, 15) is 9.59 Å². The van der Waals surface area contributed by atoms with Crippen LogP contribution >= 0.6 is 11.8 Å². The van der Waals surface area contributed by atoms with Crippen LogP contribution in [0.4, 0.5) is 0 Å². The number of amides is 1. The molecule has 3 N–H and O–H groups in total. The fourth-order valence-electron chi connectivity index (χ4n) is 1.71. The van der Waals surface area contributed by atoms with Crippen molar-refractivity contribution in [1.29, 1.82) is 0 Å². The fourth-order valence-corrected chi connectivity index (χ4v) is 3.04. The molecule has 2 heterocycles. The van der Waals surface area contributed by atoms with Crippen molar-refractivity contribution in [2.24, 2.45) is 5.73 Å². The first-order valence-electron chi connectivity index (χ1n) is 4.05. The Morgan fingerprint density at radius 1 is 1.69 bits per heavy atom. The molecule has 1 amide bonds. The van der Waals surface area contributed by atoms with E-state index in [0.717, 1.165) is 5.75 Å². The first-order valence-corrected chi connectivity index (χ1v) is 5.10. The number of carbonyl (C=O) groups excluding carboxylic acids is 1. The molecule has 2 aliphatic rings. The number of hydrogen-bond donors (Lipinski definition) is 2. The highest BCUT2D eigenvalue weighted by molar-refractivity contribution is 8.00. The Bertz CT molecular complexity index is 270. The summed E-state index contributed by atoms with van der Waals surface area (Å²) in [5.41, 5.74) is 5.53. The minimum absolute atomic E-state index is 0.109. The summed E-state index contributed by atoms with van der Waals surface area (Å²) in [6.45, 7) is 0. The Balaban J connectivity index is 2.16. The Hall–Kier alpha value is -0.750. The highest BCUT2D eigenvalue weighted by Crippen LogP contribution is 2.36. The smallest absolute Gasteiger partial charge is 0.326 e. The molecule has 0 aromatic rings. The minimum atomic E-state index is -0.925. The predicted octanol–water partition coefficient (Wildman–Crippen LogP) is -0.928. The van der Waals surface area contributed by atoms with E-state index in [2.05, 4.69) is 0 Å². The monoisotopic (exact) mass is 202 g/mol. The van der Waals surface area contributed by atoms with Gasteiger partial charge >= 0.3 is 5.97 Å². The molecule has 2 rings (SSSR count). The second-order valence-electron chi connectivity index (χ2n) is 3.18. The van der Waals surface area contributed by atoms with Crippen molar-refractivity contribution >= 4 is 23.6 Å². The lowest BCUT2D eigenvalue weighted by Gasteiger charge is -2.50. The lowest BCUT2D eigenvalue weighted by atomic mass is 10.0. The third kappa shape index (κ3) is 1.13. The number of carboxylic acid groups (broad SMARTS) is 1. The molecular weight excluding hydrogens is 192 g/mol. The summed E-state index contributed by atoms with van der Waals surface area (Å²) in [5.74, 6) is -0.394. The molecule has 0 bridgehead atoms. The van der Waals surface area contributed by atoms with Gasteiger partial charge in [0.15, 0.2) is 0 Å². The summed E-state index contributed by atoms with van der Waals surface area (Å²) in [6, 6.07) is -1.15. The highest BCUT2D eigenvalue weighted by atomic mass is 32.2. The molecule has 0 spiro atoms. The van der Waals surface area contributed by atoms with Crippen LogP contribution in [-0.4, -0.2) is 45.1 Å². The molecule has 0 saturated carbocycles. The van der Waals surface area contributed by atoms with Gasteiger partial charge in [0.05, 0.1) is 0 Å². The van der Waals surface area contributed by atoms with Crippen LogP contribution in [0.25, 0.3) is 0 Å². The highest BCUT2D eigenvalue weighted by Gasteiger charge is 2.52. The predicted molar refractivity (Wildman–Crippen MR) is 47.1 cm³/mol. The van der Waals surface area contributed by atoms with Gasteiger partial charge < -0.3 is 15.7 Å². The van der Waals surface area contributed by atoms with Crippen LogP contribution in [0.3, 0.4) is 0 Å².